The zero-order valence-corrected chi connectivity index (χ0v) is 18.0. The maximum atomic E-state index is 13.4. The Balaban J connectivity index is 1.57. The highest BCUT2D eigenvalue weighted by Crippen LogP contribution is 2.26. The second-order valence-electron chi connectivity index (χ2n) is 6.12. The zero-order chi connectivity index (χ0) is 21.7. The molecule has 1 aromatic heterocycles. The summed E-state index contributed by atoms with van der Waals surface area (Å²) < 4.78 is 32.4. The number of aromatic nitrogens is 1. The maximum Gasteiger partial charge on any atom is 0.331 e. The maximum absolute atomic E-state index is 13.4. The Hall–Kier alpha value is -2.91. The van der Waals surface area contributed by atoms with Crippen molar-refractivity contribution in [3.05, 3.63) is 75.6 Å². The predicted octanol–water partition coefficient (Wildman–Crippen LogP) is 5.43. The number of halogens is 3. The summed E-state index contributed by atoms with van der Waals surface area (Å²) in [6.07, 6.45) is 1.75. The van der Waals surface area contributed by atoms with Gasteiger partial charge in [0.25, 0.3) is 5.91 Å². The monoisotopic (exact) mass is 492 g/mol. The second kappa shape index (κ2) is 9.73. The standard InChI is InChI=1S/C21H15BrF2N2O3S/c1-12(29-19(27)8-5-13-3-2-4-15(22)9-13)20(28)26-21-25-18(11-30-21)14-6-7-16(23)17(24)10-14/h2-12H,1H3,(H,25,26,28)/b8-5+. The van der Waals surface area contributed by atoms with Crippen molar-refractivity contribution in [3.63, 3.8) is 0 Å². The molecule has 0 aliphatic carbocycles. The minimum atomic E-state index is -1.06. The van der Waals surface area contributed by atoms with Crippen LogP contribution in [0.4, 0.5) is 13.9 Å². The van der Waals surface area contributed by atoms with Crippen LogP contribution in [0.1, 0.15) is 12.5 Å². The molecule has 154 valence electrons. The van der Waals surface area contributed by atoms with Gasteiger partial charge in [0.2, 0.25) is 0 Å². The van der Waals surface area contributed by atoms with Gasteiger partial charge in [-0.1, -0.05) is 28.1 Å². The van der Waals surface area contributed by atoms with Crippen molar-refractivity contribution in [3.8, 4) is 11.3 Å². The minimum absolute atomic E-state index is 0.243. The molecule has 2 aromatic carbocycles. The zero-order valence-electron chi connectivity index (χ0n) is 15.6. The molecule has 1 amide bonds. The normalized spacial score (nSPS) is 12.0. The molecular formula is C21H15BrF2N2O3S. The number of ether oxygens (including phenoxy) is 1. The summed E-state index contributed by atoms with van der Waals surface area (Å²) in [5.41, 5.74) is 1.56. The lowest BCUT2D eigenvalue weighted by molar-refractivity contribution is -0.148. The van der Waals surface area contributed by atoms with Crippen LogP contribution in [-0.4, -0.2) is 23.0 Å². The average Bonchev–Trinajstić information content (AvgIpc) is 3.17. The predicted molar refractivity (Wildman–Crippen MR) is 115 cm³/mol. The van der Waals surface area contributed by atoms with E-state index >= 15 is 0 Å². The van der Waals surface area contributed by atoms with E-state index in [1.165, 1.54) is 19.1 Å². The Kier molecular flexibility index (Phi) is 7.07. The van der Waals surface area contributed by atoms with E-state index in [0.29, 0.717) is 11.3 Å². The van der Waals surface area contributed by atoms with Crippen LogP contribution >= 0.6 is 27.3 Å². The fourth-order valence-corrected chi connectivity index (χ4v) is 3.51. The van der Waals surface area contributed by atoms with Crippen LogP contribution < -0.4 is 5.32 Å². The van der Waals surface area contributed by atoms with Crippen LogP contribution in [0.3, 0.4) is 0 Å². The van der Waals surface area contributed by atoms with Gasteiger partial charge in [-0.3, -0.25) is 10.1 Å². The Labute approximate surface area is 183 Å². The Morgan fingerprint density at radius 1 is 1.20 bits per heavy atom. The number of amides is 1. The Bertz CT molecular complexity index is 1120. The molecule has 0 saturated heterocycles. The highest BCUT2D eigenvalue weighted by Gasteiger charge is 2.18. The summed E-state index contributed by atoms with van der Waals surface area (Å²) in [4.78, 5) is 28.4. The van der Waals surface area contributed by atoms with Gasteiger partial charge in [0.05, 0.1) is 5.69 Å². The Morgan fingerprint density at radius 2 is 2.00 bits per heavy atom. The van der Waals surface area contributed by atoms with Crippen LogP contribution in [0.5, 0.6) is 0 Å². The van der Waals surface area contributed by atoms with E-state index < -0.39 is 29.6 Å². The number of rotatable bonds is 6. The Morgan fingerprint density at radius 3 is 2.73 bits per heavy atom. The number of benzene rings is 2. The lowest BCUT2D eigenvalue weighted by atomic mass is 10.2. The van der Waals surface area contributed by atoms with E-state index in [0.717, 1.165) is 33.5 Å². The summed E-state index contributed by atoms with van der Waals surface area (Å²) in [6, 6.07) is 10.8. The van der Waals surface area contributed by atoms with Crippen molar-refractivity contribution in [2.45, 2.75) is 13.0 Å². The van der Waals surface area contributed by atoms with Gasteiger partial charge in [-0.25, -0.2) is 18.6 Å². The first-order valence-electron chi connectivity index (χ1n) is 8.68. The highest BCUT2D eigenvalue weighted by molar-refractivity contribution is 9.10. The fraction of sp³-hybridized carbons (Fsp3) is 0.0952. The number of anilines is 1. The van der Waals surface area contributed by atoms with Crippen molar-refractivity contribution in [1.29, 1.82) is 0 Å². The number of nitrogens with zero attached hydrogens (tertiary/aromatic N) is 1. The van der Waals surface area contributed by atoms with Gasteiger partial charge in [-0.2, -0.15) is 0 Å². The largest absolute Gasteiger partial charge is 0.449 e. The third-order valence-electron chi connectivity index (χ3n) is 3.87. The van der Waals surface area contributed by atoms with E-state index in [2.05, 4.69) is 26.2 Å². The van der Waals surface area contributed by atoms with E-state index in [-0.39, 0.29) is 5.13 Å². The van der Waals surface area contributed by atoms with Gasteiger partial charge in [-0.15, -0.1) is 11.3 Å². The van der Waals surface area contributed by atoms with Crippen molar-refractivity contribution in [1.82, 2.24) is 4.98 Å². The number of thiazole rings is 1. The molecule has 0 fully saturated rings. The number of hydrogen-bond donors (Lipinski definition) is 1. The molecule has 0 aliphatic rings. The molecule has 0 saturated carbocycles. The van der Waals surface area contributed by atoms with Crippen LogP contribution in [0, 0.1) is 11.6 Å². The molecule has 1 unspecified atom stereocenters. The second-order valence-corrected chi connectivity index (χ2v) is 7.90. The van der Waals surface area contributed by atoms with Crippen molar-refractivity contribution < 1.29 is 23.1 Å². The molecule has 0 bridgehead atoms. The molecule has 1 heterocycles. The third kappa shape index (κ3) is 5.80. The van der Waals surface area contributed by atoms with Crippen molar-refractivity contribution in [2.75, 3.05) is 5.32 Å². The van der Waals surface area contributed by atoms with Crippen LogP contribution in [0.15, 0.2) is 58.4 Å². The molecule has 9 heteroatoms. The van der Waals surface area contributed by atoms with E-state index in [4.69, 9.17) is 4.74 Å². The average molecular weight is 493 g/mol. The summed E-state index contributed by atoms with van der Waals surface area (Å²) in [7, 11) is 0. The van der Waals surface area contributed by atoms with E-state index in [1.54, 1.807) is 11.5 Å². The molecule has 3 aromatic rings. The first-order valence-corrected chi connectivity index (χ1v) is 10.3. The van der Waals surface area contributed by atoms with Crippen LogP contribution in [0.2, 0.25) is 0 Å². The topological polar surface area (TPSA) is 68.3 Å². The number of carbonyl (C=O) groups is 2. The van der Waals surface area contributed by atoms with Crippen LogP contribution in [-0.2, 0) is 14.3 Å². The van der Waals surface area contributed by atoms with Gasteiger partial charge >= 0.3 is 5.97 Å². The van der Waals surface area contributed by atoms with E-state index in [9.17, 15) is 18.4 Å². The van der Waals surface area contributed by atoms with Gasteiger partial charge in [-0.05, 0) is 48.9 Å². The first-order chi connectivity index (χ1) is 14.3. The van der Waals surface area contributed by atoms with Gasteiger partial charge in [0.1, 0.15) is 0 Å². The number of carbonyl (C=O) groups excluding carboxylic acids is 2. The fourth-order valence-electron chi connectivity index (χ4n) is 2.37. The molecule has 5 nitrogen and oxygen atoms in total. The molecular weight excluding hydrogens is 478 g/mol. The lowest BCUT2D eigenvalue weighted by Crippen LogP contribution is -2.29. The molecule has 0 spiro atoms. The van der Waals surface area contributed by atoms with Crippen LogP contribution in [0.25, 0.3) is 17.3 Å². The molecule has 0 radical (unpaired) electrons. The lowest BCUT2D eigenvalue weighted by Gasteiger charge is -2.10. The molecule has 1 N–H and O–H groups in total. The van der Waals surface area contributed by atoms with E-state index in [1.807, 2.05) is 24.3 Å². The summed E-state index contributed by atoms with van der Waals surface area (Å²) >= 11 is 4.45. The molecule has 0 aliphatic heterocycles. The number of hydrogen-bond acceptors (Lipinski definition) is 5. The molecule has 3 rings (SSSR count). The summed E-state index contributed by atoms with van der Waals surface area (Å²) in [6.45, 7) is 1.43. The third-order valence-corrected chi connectivity index (χ3v) is 5.12. The number of esters is 1. The molecule has 1 atom stereocenters. The van der Waals surface area contributed by atoms with Crippen molar-refractivity contribution in [2.24, 2.45) is 0 Å². The minimum Gasteiger partial charge on any atom is -0.449 e. The van der Waals surface area contributed by atoms with Gasteiger partial charge < -0.3 is 4.74 Å². The summed E-state index contributed by atoms with van der Waals surface area (Å²) in [5, 5.41) is 4.38. The molecule has 30 heavy (non-hydrogen) atoms. The van der Waals surface area contributed by atoms with Gasteiger partial charge in [0.15, 0.2) is 22.9 Å². The first kappa shape index (κ1) is 21.8. The number of nitrogens with one attached hydrogen (secondary N) is 1. The van der Waals surface area contributed by atoms with Crippen molar-refractivity contribution >= 4 is 50.4 Å². The highest BCUT2D eigenvalue weighted by atomic mass is 79.9. The summed E-state index contributed by atoms with van der Waals surface area (Å²) in [5.74, 6) is -3.17. The SMILES string of the molecule is CC(OC(=O)/C=C/c1cccc(Br)c1)C(=O)Nc1nc(-c2ccc(F)c(F)c2)cs1. The quantitative estimate of drug-likeness (QED) is 0.367. The smallest absolute Gasteiger partial charge is 0.331 e. The van der Waals surface area contributed by atoms with Gasteiger partial charge in [0, 0.05) is 21.5 Å².